The van der Waals surface area contributed by atoms with Crippen LogP contribution in [0.25, 0.3) is 0 Å². The molecule has 0 aliphatic carbocycles. The molecule has 10 heteroatoms. The number of aldehydes is 1. The van der Waals surface area contributed by atoms with Gasteiger partial charge in [-0.1, -0.05) is 35.9 Å². The van der Waals surface area contributed by atoms with Crippen molar-refractivity contribution in [2.45, 2.75) is 46.8 Å². The molecule has 0 saturated heterocycles. The Hall–Kier alpha value is -4.64. The van der Waals surface area contributed by atoms with Crippen molar-refractivity contribution >= 4 is 30.4 Å². The number of nitrogens with one attached hydrogen (secondary N) is 3. The predicted octanol–water partition coefficient (Wildman–Crippen LogP) is 4.96. The Labute approximate surface area is 260 Å². The molecule has 44 heavy (non-hydrogen) atoms. The van der Waals surface area contributed by atoms with Gasteiger partial charge in [-0.15, -0.1) is 0 Å². The van der Waals surface area contributed by atoms with Crippen molar-refractivity contribution in [3.05, 3.63) is 106 Å². The molecule has 10 nitrogen and oxygen atoms in total. The third-order valence-electron chi connectivity index (χ3n) is 6.09. The molecule has 1 atom stereocenters. The zero-order valence-electron chi connectivity index (χ0n) is 26.2. The van der Waals surface area contributed by atoms with E-state index in [9.17, 15) is 15.3 Å². The Morgan fingerprint density at radius 1 is 0.886 bits per heavy atom. The minimum atomic E-state index is -0.693. The van der Waals surface area contributed by atoms with Crippen molar-refractivity contribution in [1.82, 2.24) is 15.3 Å². The SMILES string of the molecule is C=O.CC=O.CNc1nc(C)cc(C)n1.Cc1ccc(Nc2ccc(CCNCC(O)c3ccc(O)c(CO)c3)cc2)cc1. The van der Waals surface area contributed by atoms with Gasteiger partial charge in [-0.3, -0.25) is 0 Å². The highest BCUT2D eigenvalue weighted by Crippen LogP contribution is 2.22. The average Bonchev–Trinajstić information content (AvgIpc) is 3.02. The van der Waals surface area contributed by atoms with Crippen LogP contribution >= 0.6 is 0 Å². The number of aryl methyl sites for hydroxylation is 3. The molecular formula is C34H45N5O5. The van der Waals surface area contributed by atoms with E-state index in [2.05, 4.69) is 81.4 Å². The van der Waals surface area contributed by atoms with Gasteiger partial charge < -0.3 is 40.9 Å². The smallest absolute Gasteiger partial charge is 0.222 e. The van der Waals surface area contributed by atoms with E-state index in [-0.39, 0.29) is 12.4 Å². The molecule has 1 aromatic heterocycles. The number of rotatable bonds is 10. The number of nitrogens with zero attached hydrogens (tertiary/aromatic N) is 2. The first-order valence-corrected chi connectivity index (χ1v) is 14.1. The summed E-state index contributed by atoms with van der Waals surface area (Å²) in [6, 6.07) is 23.4. The molecule has 6 N–H and O–H groups in total. The molecule has 0 saturated carbocycles. The number of aromatic nitrogens is 2. The summed E-state index contributed by atoms with van der Waals surface area (Å²) in [7, 11) is 1.81. The van der Waals surface area contributed by atoms with Gasteiger partial charge in [-0.2, -0.15) is 0 Å². The molecule has 0 aliphatic heterocycles. The summed E-state index contributed by atoms with van der Waals surface area (Å²) in [6.45, 7) is 10.3. The molecule has 3 aromatic carbocycles. The highest BCUT2D eigenvalue weighted by molar-refractivity contribution is 5.60. The van der Waals surface area contributed by atoms with Crippen molar-refractivity contribution in [2.75, 3.05) is 30.8 Å². The third kappa shape index (κ3) is 14.0. The summed E-state index contributed by atoms with van der Waals surface area (Å²) in [5, 5.41) is 38.6. The summed E-state index contributed by atoms with van der Waals surface area (Å²) < 4.78 is 0. The first-order chi connectivity index (χ1) is 21.2. The van der Waals surface area contributed by atoms with E-state index in [1.165, 1.54) is 24.1 Å². The molecule has 4 rings (SSSR count). The summed E-state index contributed by atoms with van der Waals surface area (Å²) in [5.74, 6) is 0.731. The molecule has 1 unspecified atom stereocenters. The maximum absolute atomic E-state index is 10.3. The van der Waals surface area contributed by atoms with Crippen molar-refractivity contribution in [3.63, 3.8) is 0 Å². The minimum Gasteiger partial charge on any atom is -0.508 e. The van der Waals surface area contributed by atoms with E-state index >= 15 is 0 Å². The highest BCUT2D eigenvalue weighted by atomic mass is 16.3. The molecule has 4 aromatic rings. The van der Waals surface area contributed by atoms with Crippen molar-refractivity contribution in [3.8, 4) is 5.75 Å². The topological polar surface area (TPSA) is 157 Å². The van der Waals surface area contributed by atoms with Crippen molar-refractivity contribution in [2.24, 2.45) is 0 Å². The van der Waals surface area contributed by atoms with Crippen LogP contribution in [0.4, 0.5) is 17.3 Å². The van der Waals surface area contributed by atoms with Crippen LogP contribution in [-0.2, 0) is 22.6 Å². The van der Waals surface area contributed by atoms with Gasteiger partial charge in [0.2, 0.25) is 5.95 Å². The first-order valence-electron chi connectivity index (χ1n) is 14.1. The molecule has 0 aliphatic rings. The second-order valence-electron chi connectivity index (χ2n) is 9.66. The van der Waals surface area contributed by atoms with E-state index in [0.717, 1.165) is 42.0 Å². The Morgan fingerprint density at radius 2 is 1.43 bits per heavy atom. The van der Waals surface area contributed by atoms with Gasteiger partial charge in [0.1, 0.15) is 18.8 Å². The maximum Gasteiger partial charge on any atom is 0.222 e. The Balaban J connectivity index is 0.000000535. The van der Waals surface area contributed by atoms with Gasteiger partial charge in [-0.25, -0.2) is 9.97 Å². The number of aliphatic hydroxyl groups excluding tert-OH is 2. The number of hydrogen-bond donors (Lipinski definition) is 6. The fraction of sp³-hybridized carbons (Fsp3) is 0.294. The van der Waals surface area contributed by atoms with Crippen LogP contribution in [0.3, 0.4) is 0 Å². The number of anilines is 3. The first kappa shape index (κ1) is 37.4. The van der Waals surface area contributed by atoms with Crippen LogP contribution in [0.1, 0.15) is 46.7 Å². The standard InChI is InChI=1S/C24H28N2O3.C7H11N3.C2H4O.CH2O/c1-17-2-7-21(8-3-17)26-22-9-4-18(5-10-22)12-13-25-15-24(29)19-6-11-23(28)20(14-19)16-27;1-5-4-6(2)10-7(8-3)9-5;1-2-3;1-2/h2-11,14,24-29H,12-13,15-16H2,1H3;4H,1-3H3,(H,8,9,10);2H,1H3;1H2. The van der Waals surface area contributed by atoms with Crippen LogP contribution in [0, 0.1) is 20.8 Å². The van der Waals surface area contributed by atoms with E-state index in [0.29, 0.717) is 23.6 Å². The number of aliphatic hydroxyl groups is 2. The van der Waals surface area contributed by atoms with Crippen LogP contribution in [0.5, 0.6) is 5.75 Å². The summed E-state index contributed by atoms with van der Waals surface area (Å²) in [4.78, 5) is 25.1. The number of phenols is 1. The Bertz CT molecular complexity index is 1360. The summed E-state index contributed by atoms with van der Waals surface area (Å²) in [5.41, 5.74) is 7.66. The molecule has 0 bridgehead atoms. The molecule has 0 radical (unpaired) electrons. The van der Waals surface area contributed by atoms with Gasteiger partial charge in [0, 0.05) is 41.9 Å². The van der Waals surface area contributed by atoms with Gasteiger partial charge >= 0.3 is 0 Å². The summed E-state index contributed by atoms with van der Waals surface area (Å²) >= 11 is 0. The zero-order chi connectivity index (χ0) is 32.9. The maximum atomic E-state index is 10.3. The molecule has 1 heterocycles. The molecule has 236 valence electrons. The Morgan fingerprint density at radius 3 is 1.95 bits per heavy atom. The van der Waals surface area contributed by atoms with Crippen LogP contribution in [-0.4, -0.2) is 58.5 Å². The van der Waals surface area contributed by atoms with Gasteiger partial charge in [-0.05, 0) is 94.3 Å². The van der Waals surface area contributed by atoms with Gasteiger partial charge in [0.15, 0.2) is 0 Å². The zero-order valence-corrected chi connectivity index (χ0v) is 26.2. The molecular weight excluding hydrogens is 558 g/mol. The lowest BCUT2D eigenvalue weighted by atomic mass is 10.1. The fourth-order valence-corrected chi connectivity index (χ4v) is 3.92. The monoisotopic (exact) mass is 603 g/mol. The number of benzene rings is 3. The number of carbonyl (C=O) groups excluding carboxylic acids is 2. The van der Waals surface area contributed by atoms with Crippen LogP contribution in [0.2, 0.25) is 0 Å². The van der Waals surface area contributed by atoms with Crippen LogP contribution < -0.4 is 16.0 Å². The normalized spacial score (nSPS) is 10.4. The van der Waals surface area contributed by atoms with Gasteiger partial charge in [0.25, 0.3) is 0 Å². The lowest BCUT2D eigenvalue weighted by molar-refractivity contribution is -0.106. The van der Waals surface area contributed by atoms with Crippen molar-refractivity contribution in [1.29, 1.82) is 0 Å². The van der Waals surface area contributed by atoms with Crippen LogP contribution in [0.15, 0.2) is 72.8 Å². The largest absolute Gasteiger partial charge is 0.508 e. The summed E-state index contributed by atoms with van der Waals surface area (Å²) in [6.07, 6.45) is 0.914. The second kappa shape index (κ2) is 21.1. The van der Waals surface area contributed by atoms with Gasteiger partial charge in [0.05, 0.1) is 12.7 Å². The lowest BCUT2D eigenvalue weighted by Gasteiger charge is -2.14. The molecule has 0 amide bonds. The number of hydrogen-bond acceptors (Lipinski definition) is 10. The van der Waals surface area contributed by atoms with E-state index < -0.39 is 6.10 Å². The molecule has 0 fully saturated rings. The fourth-order valence-electron chi connectivity index (χ4n) is 3.92. The predicted molar refractivity (Wildman–Crippen MR) is 176 cm³/mol. The number of aromatic hydroxyl groups is 1. The van der Waals surface area contributed by atoms with E-state index in [1.807, 2.05) is 33.8 Å². The second-order valence-corrected chi connectivity index (χ2v) is 9.66. The third-order valence-corrected chi connectivity index (χ3v) is 6.09. The van der Waals surface area contributed by atoms with E-state index in [4.69, 9.17) is 9.59 Å². The Kier molecular flexibility index (Phi) is 17.9. The minimum absolute atomic E-state index is 0.0386. The number of carbonyl (C=O) groups is 2. The van der Waals surface area contributed by atoms with E-state index in [1.54, 1.807) is 12.1 Å². The molecule has 0 spiro atoms. The average molecular weight is 604 g/mol. The van der Waals surface area contributed by atoms with Crippen molar-refractivity contribution < 1.29 is 24.9 Å². The lowest BCUT2D eigenvalue weighted by Crippen LogP contribution is -2.23. The quantitative estimate of drug-likeness (QED) is 0.108. The highest BCUT2D eigenvalue weighted by Gasteiger charge is 2.10.